The number of rotatable bonds is 4. The van der Waals surface area contributed by atoms with Gasteiger partial charge in [0.25, 0.3) is 6.47 Å². The van der Waals surface area contributed by atoms with Gasteiger partial charge in [-0.2, -0.15) is 0 Å². The lowest BCUT2D eigenvalue weighted by molar-refractivity contribution is -0.132. The maximum Gasteiger partial charge on any atom is 0.410 e. The van der Waals surface area contributed by atoms with Gasteiger partial charge in [-0.1, -0.05) is 26.8 Å². The molecule has 1 saturated heterocycles. The van der Waals surface area contributed by atoms with Gasteiger partial charge in [-0.15, -0.1) is 0 Å². The first kappa shape index (κ1) is 33.5. The second-order valence-corrected chi connectivity index (χ2v) is 11.4. The molecule has 2 heterocycles. The summed E-state index contributed by atoms with van der Waals surface area (Å²) in [5, 5.41) is 17.5. The maximum atomic E-state index is 13.6. The first-order chi connectivity index (χ1) is 19.1. The van der Waals surface area contributed by atoms with E-state index in [4.69, 9.17) is 19.7 Å². The van der Waals surface area contributed by atoms with Crippen molar-refractivity contribution in [3.05, 3.63) is 35.1 Å². The van der Waals surface area contributed by atoms with E-state index in [9.17, 15) is 14.0 Å². The SMILES string of the molecule is CC.CC1CC2CC(NCC(=O)N3Cc4ccc(F)cc4C3)(C1)CC(C)(OC(=O)N1CCCC1)C2.CO.O=CO. The molecule has 3 fully saturated rings. The number of ether oxygens (including phenoxy) is 1. The van der Waals surface area contributed by atoms with Crippen LogP contribution in [0.25, 0.3) is 0 Å². The van der Waals surface area contributed by atoms with Gasteiger partial charge >= 0.3 is 6.09 Å². The second kappa shape index (κ2) is 15.3. The minimum absolute atomic E-state index is 0.0390. The maximum absolute atomic E-state index is 13.6. The first-order valence-electron chi connectivity index (χ1n) is 14.4. The molecule has 10 heteroatoms. The summed E-state index contributed by atoms with van der Waals surface area (Å²) >= 11 is 0. The van der Waals surface area contributed by atoms with Crippen molar-refractivity contribution in [3.63, 3.8) is 0 Å². The molecule has 1 aromatic carbocycles. The summed E-state index contributed by atoms with van der Waals surface area (Å²) in [6, 6.07) is 4.77. The Morgan fingerprint density at radius 3 is 2.38 bits per heavy atom. The molecule has 4 aliphatic rings. The van der Waals surface area contributed by atoms with E-state index in [0.29, 0.717) is 24.9 Å². The number of hydrogen-bond acceptors (Lipinski definition) is 6. The fourth-order valence-electron chi connectivity index (χ4n) is 7.11. The molecule has 226 valence electrons. The molecule has 4 unspecified atom stereocenters. The number of aliphatic hydroxyl groups is 1. The van der Waals surface area contributed by atoms with Crippen molar-refractivity contribution < 1.29 is 33.7 Å². The zero-order valence-corrected chi connectivity index (χ0v) is 24.7. The summed E-state index contributed by atoms with van der Waals surface area (Å²) in [5.74, 6) is 0.842. The molecule has 2 saturated carbocycles. The topological polar surface area (TPSA) is 119 Å². The minimum atomic E-state index is -0.514. The Bertz CT molecular complexity index is 984. The highest BCUT2D eigenvalue weighted by Crippen LogP contribution is 2.50. The average Bonchev–Trinajstić information content (AvgIpc) is 3.59. The third-order valence-electron chi connectivity index (χ3n) is 8.14. The number of amides is 2. The number of likely N-dealkylation sites (tertiary alicyclic amines) is 1. The zero-order chi connectivity index (χ0) is 29.9. The summed E-state index contributed by atoms with van der Waals surface area (Å²) < 4.78 is 19.7. The molecule has 2 bridgehead atoms. The average molecular weight is 566 g/mol. The molecule has 9 nitrogen and oxygen atoms in total. The number of fused-ring (bicyclic) bond motifs is 3. The zero-order valence-electron chi connectivity index (χ0n) is 24.7. The molecule has 2 aliphatic heterocycles. The summed E-state index contributed by atoms with van der Waals surface area (Å²) in [6.45, 7) is 10.9. The number of halogens is 1. The van der Waals surface area contributed by atoms with Crippen LogP contribution in [0.1, 0.15) is 83.8 Å². The molecule has 2 aliphatic carbocycles. The van der Waals surface area contributed by atoms with E-state index in [0.717, 1.165) is 76.3 Å². The highest BCUT2D eigenvalue weighted by molar-refractivity contribution is 5.79. The van der Waals surface area contributed by atoms with Crippen molar-refractivity contribution in [2.75, 3.05) is 26.7 Å². The van der Waals surface area contributed by atoms with Crippen LogP contribution in [-0.4, -0.2) is 76.4 Å². The number of aliphatic hydroxyl groups excluding tert-OH is 1. The van der Waals surface area contributed by atoms with Crippen LogP contribution in [0.5, 0.6) is 0 Å². The largest absolute Gasteiger partial charge is 0.483 e. The molecular formula is C30H48FN3O6. The number of carboxylic acid groups (broad SMARTS) is 1. The number of hydrogen-bond donors (Lipinski definition) is 3. The number of carbonyl (C=O) groups is 3. The van der Waals surface area contributed by atoms with Crippen LogP contribution in [0.2, 0.25) is 0 Å². The van der Waals surface area contributed by atoms with Gasteiger partial charge in [0, 0.05) is 45.2 Å². The van der Waals surface area contributed by atoms with Crippen molar-refractivity contribution in [2.24, 2.45) is 11.8 Å². The van der Waals surface area contributed by atoms with E-state index < -0.39 is 5.60 Å². The molecule has 5 rings (SSSR count). The van der Waals surface area contributed by atoms with Crippen molar-refractivity contribution in [1.82, 2.24) is 15.1 Å². The van der Waals surface area contributed by atoms with Gasteiger partial charge in [0.05, 0.1) is 6.54 Å². The van der Waals surface area contributed by atoms with Crippen molar-refractivity contribution in [3.8, 4) is 0 Å². The van der Waals surface area contributed by atoms with Gasteiger partial charge in [0.1, 0.15) is 11.4 Å². The Morgan fingerprint density at radius 1 is 1.10 bits per heavy atom. The summed E-state index contributed by atoms with van der Waals surface area (Å²) in [5.41, 5.74) is 1.20. The Hall–Kier alpha value is -2.72. The molecule has 4 atom stereocenters. The number of nitrogens with zero attached hydrogens (tertiary/aromatic N) is 2. The summed E-state index contributed by atoms with van der Waals surface area (Å²) in [6.07, 6.45) is 6.68. The lowest BCUT2D eigenvalue weighted by Gasteiger charge is -2.54. The molecular weight excluding hydrogens is 517 g/mol. The van der Waals surface area contributed by atoms with E-state index >= 15 is 0 Å². The van der Waals surface area contributed by atoms with Gasteiger partial charge in [0.15, 0.2) is 0 Å². The van der Waals surface area contributed by atoms with Crippen LogP contribution in [0.15, 0.2) is 18.2 Å². The van der Waals surface area contributed by atoms with Gasteiger partial charge in [-0.05, 0) is 80.5 Å². The highest BCUT2D eigenvalue weighted by Gasteiger charge is 2.52. The number of carbonyl (C=O) groups excluding carboxylic acids is 2. The van der Waals surface area contributed by atoms with Crippen molar-refractivity contribution >= 4 is 18.5 Å². The van der Waals surface area contributed by atoms with E-state index in [2.05, 4.69) is 19.2 Å². The minimum Gasteiger partial charge on any atom is -0.483 e. The molecule has 1 aromatic rings. The lowest BCUT2D eigenvalue weighted by atomic mass is 9.59. The molecule has 2 amide bonds. The Balaban J connectivity index is 0.000000737. The van der Waals surface area contributed by atoms with Crippen LogP contribution in [0.4, 0.5) is 9.18 Å². The molecule has 0 radical (unpaired) electrons. The van der Waals surface area contributed by atoms with Crippen LogP contribution in [0.3, 0.4) is 0 Å². The number of nitrogens with one attached hydrogen (secondary N) is 1. The van der Waals surface area contributed by atoms with E-state index in [1.54, 1.807) is 11.0 Å². The standard InChI is InChI=1S/C26H36FN3O3.C2H6.CH2O2.CH4O/c1-18-9-19-12-25(2,33-24(32)29-7-3-4-8-29)17-26(11-18,13-19)28-14-23(31)30-15-20-5-6-22(27)10-21(20)16-30;1-2;2-1-3;1-2/h5-6,10,18-19,28H,3-4,7-9,11-17H2,1-2H3;1-2H3;1H,(H,2,3);2H,1H3. The Morgan fingerprint density at radius 2 is 1.73 bits per heavy atom. The first-order valence-corrected chi connectivity index (χ1v) is 14.4. The molecule has 3 N–H and O–H groups in total. The van der Waals surface area contributed by atoms with Crippen LogP contribution >= 0.6 is 0 Å². The van der Waals surface area contributed by atoms with Crippen LogP contribution in [0, 0.1) is 17.7 Å². The van der Waals surface area contributed by atoms with Gasteiger partial charge < -0.3 is 30.1 Å². The predicted octanol–water partition coefficient (Wildman–Crippen LogP) is 4.55. The monoisotopic (exact) mass is 565 g/mol. The van der Waals surface area contributed by atoms with Crippen molar-refractivity contribution in [2.45, 2.75) is 96.9 Å². The van der Waals surface area contributed by atoms with E-state index in [-0.39, 0.29) is 36.4 Å². The highest BCUT2D eigenvalue weighted by atomic mass is 19.1. The third-order valence-corrected chi connectivity index (χ3v) is 8.14. The summed E-state index contributed by atoms with van der Waals surface area (Å²) in [4.78, 5) is 37.8. The molecule has 40 heavy (non-hydrogen) atoms. The second-order valence-electron chi connectivity index (χ2n) is 11.4. The van der Waals surface area contributed by atoms with Gasteiger partial charge in [0.2, 0.25) is 5.91 Å². The van der Waals surface area contributed by atoms with Gasteiger partial charge in [-0.25, -0.2) is 9.18 Å². The van der Waals surface area contributed by atoms with E-state index in [1.165, 1.54) is 12.1 Å². The lowest BCUT2D eigenvalue weighted by Crippen LogP contribution is -2.61. The summed E-state index contributed by atoms with van der Waals surface area (Å²) in [7, 11) is 1.00. The predicted molar refractivity (Wildman–Crippen MR) is 151 cm³/mol. The Labute approximate surface area is 238 Å². The fourth-order valence-corrected chi connectivity index (χ4v) is 7.11. The van der Waals surface area contributed by atoms with Crippen LogP contribution in [-0.2, 0) is 27.4 Å². The molecule has 0 spiro atoms. The smallest absolute Gasteiger partial charge is 0.410 e. The fraction of sp³-hybridized carbons (Fsp3) is 0.700. The Kier molecular flexibility index (Phi) is 12.8. The van der Waals surface area contributed by atoms with Crippen LogP contribution < -0.4 is 5.32 Å². The quantitative estimate of drug-likeness (QED) is 0.458. The van der Waals surface area contributed by atoms with Gasteiger partial charge in [-0.3, -0.25) is 9.59 Å². The normalized spacial score (nSPS) is 28.0. The third kappa shape index (κ3) is 8.64. The van der Waals surface area contributed by atoms with E-state index in [1.807, 2.05) is 18.7 Å². The number of benzene rings is 1. The van der Waals surface area contributed by atoms with Crippen molar-refractivity contribution in [1.29, 1.82) is 0 Å². The molecule has 0 aromatic heterocycles.